The minimum atomic E-state index is 0.468. The Kier molecular flexibility index (Phi) is 5.50. The summed E-state index contributed by atoms with van der Waals surface area (Å²) in [6.07, 6.45) is 6.81. The first-order valence-electron chi connectivity index (χ1n) is 7.78. The lowest BCUT2D eigenvalue weighted by Gasteiger charge is -2.13. The number of hydrogen-bond acceptors (Lipinski definition) is 4. The second-order valence-corrected chi connectivity index (χ2v) is 6.16. The number of nitrogens with zero attached hydrogens (tertiary/aromatic N) is 1. The molecule has 1 aliphatic rings. The monoisotopic (exact) mass is 277 g/mol. The Morgan fingerprint density at radius 2 is 2.10 bits per heavy atom. The molecule has 3 N–H and O–H groups in total. The van der Waals surface area contributed by atoms with E-state index in [9.17, 15) is 0 Å². The number of anilines is 2. The number of pyridine rings is 1. The molecule has 0 bridgehead atoms. The van der Waals surface area contributed by atoms with Crippen molar-refractivity contribution in [2.24, 2.45) is 11.8 Å². The Morgan fingerprint density at radius 1 is 1.35 bits per heavy atom. The molecule has 0 saturated heterocycles. The SMILES string of the molecule is CC(C)COc1nc(NCCC2CCCC2)ccc1N. The van der Waals surface area contributed by atoms with E-state index in [4.69, 9.17) is 10.5 Å². The fourth-order valence-corrected chi connectivity index (χ4v) is 2.61. The fourth-order valence-electron chi connectivity index (χ4n) is 2.61. The molecule has 1 saturated carbocycles. The van der Waals surface area contributed by atoms with E-state index in [0.717, 1.165) is 18.3 Å². The van der Waals surface area contributed by atoms with Crippen LogP contribution in [0.5, 0.6) is 5.88 Å². The van der Waals surface area contributed by atoms with Crippen LogP contribution in [-0.2, 0) is 0 Å². The number of nitrogens with one attached hydrogen (secondary N) is 1. The largest absolute Gasteiger partial charge is 0.476 e. The highest BCUT2D eigenvalue weighted by Gasteiger charge is 2.14. The molecule has 112 valence electrons. The van der Waals surface area contributed by atoms with E-state index in [1.54, 1.807) is 0 Å². The van der Waals surface area contributed by atoms with Gasteiger partial charge in [-0.3, -0.25) is 0 Å². The molecule has 2 rings (SSSR count). The molecule has 1 heterocycles. The van der Waals surface area contributed by atoms with E-state index < -0.39 is 0 Å². The van der Waals surface area contributed by atoms with Crippen molar-refractivity contribution in [3.8, 4) is 5.88 Å². The van der Waals surface area contributed by atoms with Crippen molar-refractivity contribution in [1.82, 2.24) is 4.98 Å². The zero-order chi connectivity index (χ0) is 14.4. The molecule has 1 aliphatic carbocycles. The third-order valence-electron chi connectivity index (χ3n) is 3.78. The molecule has 0 spiro atoms. The Morgan fingerprint density at radius 3 is 2.80 bits per heavy atom. The van der Waals surface area contributed by atoms with Crippen molar-refractivity contribution in [2.45, 2.75) is 46.0 Å². The van der Waals surface area contributed by atoms with E-state index in [-0.39, 0.29) is 0 Å². The number of rotatable bonds is 7. The highest BCUT2D eigenvalue weighted by Crippen LogP contribution is 2.27. The summed E-state index contributed by atoms with van der Waals surface area (Å²) < 4.78 is 5.64. The lowest BCUT2D eigenvalue weighted by atomic mass is 10.0. The van der Waals surface area contributed by atoms with Crippen molar-refractivity contribution in [3.05, 3.63) is 12.1 Å². The zero-order valence-electron chi connectivity index (χ0n) is 12.7. The molecule has 1 fully saturated rings. The Labute approximate surface area is 122 Å². The van der Waals surface area contributed by atoms with E-state index in [1.807, 2.05) is 12.1 Å². The van der Waals surface area contributed by atoms with Gasteiger partial charge in [0.2, 0.25) is 5.88 Å². The summed E-state index contributed by atoms with van der Waals surface area (Å²) in [7, 11) is 0. The van der Waals surface area contributed by atoms with Crippen LogP contribution in [0.4, 0.5) is 11.5 Å². The lowest BCUT2D eigenvalue weighted by molar-refractivity contribution is 0.263. The predicted octanol–water partition coefficient (Wildman–Crippen LogP) is 3.69. The summed E-state index contributed by atoms with van der Waals surface area (Å²) in [6, 6.07) is 3.78. The van der Waals surface area contributed by atoms with Gasteiger partial charge in [-0.25, -0.2) is 0 Å². The summed E-state index contributed by atoms with van der Waals surface area (Å²) >= 11 is 0. The van der Waals surface area contributed by atoms with E-state index >= 15 is 0 Å². The van der Waals surface area contributed by atoms with Gasteiger partial charge in [0.25, 0.3) is 0 Å². The molecule has 4 nitrogen and oxygen atoms in total. The molecule has 20 heavy (non-hydrogen) atoms. The topological polar surface area (TPSA) is 60.2 Å². The summed E-state index contributed by atoms with van der Waals surface area (Å²) in [5.41, 5.74) is 6.49. The van der Waals surface area contributed by atoms with Gasteiger partial charge in [-0.1, -0.05) is 39.5 Å². The van der Waals surface area contributed by atoms with Crippen LogP contribution in [0.25, 0.3) is 0 Å². The van der Waals surface area contributed by atoms with Crippen molar-refractivity contribution in [2.75, 3.05) is 24.2 Å². The Bertz CT molecular complexity index is 414. The summed E-state index contributed by atoms with van der Waals surface area (Å²) in [5, 5.41) is 3.38. The molecule has 0 unspecified atom stereocenters. The van der Waals surface area contributed by atoms with Gasteiger partial charge < -0.3 is 15.8 Å². The summed E-state index contributed by atoms with van der Waals surface area (Å²) in [4.78, 5) is 4.45. The van der Waals surface area contributed by atoms with Crippen LogP contribution < -0.4 is 15.8 Å². The average Bonchev–Trinajstić information content (AvgIpc) is 2.92. The zero-order valence-corrected chi connectivity index (χ0v) is 12.7. The fraction of sp³-hybridized carbons (Fsp3) is 0.688. The first kappa shape index (κ1) is 14.9. The highest BCUT2D eigenvalue weighted by molar-refractivity contribution is 5.53. The second kappa shape index (κ2) is 7.36. The molecule has 0 aliphatic heterocycles. The number of nitrogen functional groups attached to an aromatic ring is 1. The first-order chi connectivity index (χ1) is 9.65. The number of nitrogens with two attached hydrogens (primary N) is 1. The maximum Gasteiger partial charge on any atom is 0.239 e. The van der Waals surface area contributed by atoms with Gasteiger partial charge in [0.15, 0.2) is 0 Å². The van der Waals surface area contributed by atoms with Crippen molar-refractivity contribution in [3.63, 3.8) is 0 Å². The van der Waals surface area contributed by atoms with Gasteiger partial charge in [-0.05, 0) is 30.4 Å². The molecule has 0 aromatic carbocycles. The predicted molar refractivity (Wildman–Crippen MR) is 84.0 cm³/mol. The van der Waals surface area contributed by atoms with Crippen LogP contribution in [0, 0.1) is 11.8 Å². The number of hydrogen-bond donors (Lipinski definition) is 2. The normalized spacial score (nSPS) is 15.8. The average molecular weight is 277 g/mol. The van der Waals surface area contributed by atoms with E-state index in [1.165, 1.54) is 32.1 Å². The number of ether oxygens (including phenoxy) is 1. The molecule has 0 radical (unpaired) electrons. The maximum absolute atomic E-state index is 5.89. The van der Waals surface area contributed by atoms with Crippen molar-refractivity contribution >= 4 is 11.5 Å². The van der Waals surface area contributed by atoms with E-state index in [2.05, 4.69) is 24.1 Å². The van der Waals surface area contributed by atoms with Gasteiger partial charge in [0, 0.05) is 6.54 Å². The van der Waals surface area contributed by atoms with Crippen LogP contribution in [0.2, 0.25) is 0 Å². The molecular formula is C16H27N3O. The van der Waals surface area contributed by atoms with Crippen molar-refractivity contribution in [1.29, 1.82) is 0 Å². The van der Waals surface area contributed by atoms with Gasteiger partial charge in [0.05, 0.1) is 12.3 Å². The molecule has 0 atom stereocenters. The molecular weight excluding hydrogens is 250 g/mol. The van der Waals surface area contributed by atoms with Gasteiger partial charge in [0.1, 0.15) is 5.82 Å². The first-order valence-corrected chi connectivity index (χ1v) is 7.78. The van der Waals surface area contributed by atoms with E-state index in [0.29, 0.717) is 24.1 Å². The minimum absolute atomic E-state index is 0.468. The summed E-state index contributed by atoms with van der Waals surface area (Å²) in [6.45, 7) is 5.84. The quantitative estimate of drug-likeness (QED) is 0.798. The third-order valence-corrected chi connectivity index (χ3v) is 3.78. The maximum atomic E-state index is 5.89. The van der Waals surface area contributed by atoms with Gasteiger partial charge >= 0.3 is 0 Å². The van der Waals surface area contributed by atoms with Crippen LogP contribution in [0.15, 0.2) is 12.1 Å². The van der Waals surface area contributed by atoms with Crippen LogP contribution in [0.1, 0.15) is 46.0 Å². The molecule has 0 amide bonds. The standard InChI is InChI=1S/C16H27N3O/c1-12(2)11-20-16-14(17)7-8-15(19-16)18-10-9-13-5-3-4-6-13/h7-8,12-13H,3-6,9-11,17H2,1-2H3,(H,18,19). The minimum Gasteiger partial charge on any atom is -0.476 e. The molecule has 1 aromatic rings. The Balaban J connectivity index is 1.82. The highest BCUT2D eigenvalue weighted by atomic mass is 16.5. The Hall–Kier alpha value is -1.45. The lowest BCUT2D eigenvalue weighted by Crippen LogP contribution is -2.11. The third kappa shape index (κ3) is 4.58. The second-order valence-electron chi connectivity index (χ2n) is 6.16. The van der Waals surface area contributed by atoms with Crippen LogP contribution in [-0.4, -0.2) is 18.1 Å². The van der Waals surface area contributed by atoms with Crippen LogP contribution >= 0.6 is 0 Å². The van der Waals surface area contributed by atoms with Crippen molar-refractivity contribution < 1.29 is 4.74 Å². The molecule has 1 aromatic heterocycles. The van der Waals surface area contributed by atoms with Crippen LogP contribution in [0.3, 0.4) is 0 Å². The number of aromatic nitrogens is 1. The molecule has 4 heteroatoms. The summed E-state index contributed by atoms with van der Waals surface area (Å²) in [5.74, 6) is 2.77. The van der Waals surface area contributed by atoms with Gasteiger partial charge in [-0.2, -0.15) is 4.98 Å². The smallest absolute Gasteiger partial charge is 0.239 e. The van der Waals surface area contributed by atoms with Gasteiger partial charge in [-0.15, -0.1) is 0 Å².